The second kappa shape index (κ2) is 10.7. The Morgan fingerprint density at radius 1 is 1.16 bits per heavy atom. The Bertz CT molecular complexity index is 1340. The fraction of sp³-hybridized carbons (Fsp3) is 0.419. The van der Waals surface area contributed by atoms with Crippen LogP contribution < -0.4 is 9.47 Å². The smallest absolute Gasteiger partial charge is 0.306 e. The molecule has 1 fully saturated rings. The molecule has 2 unspecified atom stereocenters. The molecular formula is C31H35FN2O4. The average Bonchev–Trinajstić information content (AvgIpc) is 3.73. The molecule has 1 aliphatic heterocycles. The first kappa shape index (κ1) is 26.2. The number of nitrogens with zero attached hydrogens (tertiary/aromatic N) is 2. The molecule has 1 aliphatic carbocycles. The Hall–Kier alpha value is -3.45. The first-order chi connectivity index (χ1) is 18.2. The first-order valence-corrected chi connectivity index (χ1v) is 13.2. The van der Waals surface area contributed by atoms with E-state index in [0.29, 0.717) is 23.9 Å². The van der Waals surface area contributed by atoms with Crippen LogP contribution in [0.5, 0.6) is 11.6 Å². The van der Waals surface area contributed by atoms with Crippen molar-refractivity contribution in [1.29, 1.82) is 0 Å². The molecule has 6 nitrogen and oxygen atoms in total. The van der Waals surface area contributed by atoms with E-state index in [2.05, 4.69) is 34.1 Å². The number of methoxy groups -OCH3 is 1. The van der Waals surface area contributed by atoms with E-state index in [1.165, 1.54) is 13.3 Å². The van der Waals surface area contributed by atoms with Gasteiger partial charge in [-0.3, -0.25) is 4.79 Å². The fourth-order valence-electron chi connectivity index (χ4n) is 5.69. The highest BCUT2D eigenvalue weighted by Crippen LogP contribution is 2.48. The summed E-state index contributed by atoms with van der Waals surface area (Å²) in [4.78, 5) is 17.8. The molecule has 1 saturated carbocycles. The Balaban J connectivity index is 1.46. The summed E-state index contributed by atoms with van der Waals surface area (Å²) in [5, 5.41) is 9.69. The van der Waals surface area contributed by atoms with Gasteiger partial charge in [-0.05, 0) is 85.5 Å². The molecular weight excluding hydrogens is 483 g/mol. The van der Waals surface area contributed by atoms with E-state index >= 15 is 0 Å². The van der Waals surface area contributed by atoms with E-state index in [4.69, 9.17) is 9.47 Å². The summed E-state index contributed by atoms with van der Waals surface area (Å²) in [6.07, 6.45) is 4.93. The number of carbonyl (C=O) groups is 1. The van der Waals surface area contributed by atoms with Gasteiger partial charge in [0.05, 0.1) is 19.2 Å². The van der Waals surface area contributed by atoms with Crippen LogP contribution in [0.3, 0.4) is 0 Å². The summed E-state index contributed by atoms with van der Waals surface area (Å²) in [7, 11) is 5.50. The zero-order valence-corrected chi connectivity index (χ0v) is 22.4. The minimum Gasteiger partial charge on any atom is -0.485 e. The molecule has 1 aromatic heterocycles. The average molecular weight is 519 g/mol. The van der Waals surface area contributed by atoms with E-state index in [1.807, 2.05) is 33.2 Å². The largest absolute Gasteiger partial charge is 0.485 e. The van der Waals surface area contributed by atoms with Crippen molar-refractivity contribution in [1.82, 2.24) is 9.88 Å². The van der Waals surface area contributed by atoms with Gasteiger partial charge >= 0.3 is 5.97 Å². The molecule has 2 heterocycles. The molecule has 7 heteroatoms. The minimum atomic E-state index is -0.754. The maximum Gasteiger partial charge on any atom is 0.306 e. The van der Waals surface area contributed by atoms with Gasteiger partial charge in [-0.1, -0.05) is 37.3 Å². The summed E-state index contributed by atoms with van der Waals surface area (Å²) in [5.41, 5.74) is 5.49. The molecule has 2 aliphatic rings. The number of aromatic nitrogens is 1. The monoisotopic (exact) mass is 518 g/mol. The van der Waals surface area contributed by atoms with Gasteiger partial charge in [-0.25, -0.2) is 9.37 Å². The molecule has 0 spiro atoms. The zero-order chi connectivity index (χ0) is 27.0. The van der Waals surface area contributed by atoms with Crippen molar-refractivity contribution < 1.29 is 23.8 Å². The number of rotatable bonds is 9. The van der Waals surface area contributed by atoms with Gasteiger partial charge in [0.2, 0.25) is 5.88 Å². The molecule has 3 atom stereocenters. The second-order valence-electron chi connectivity index (χ2n) is 10.9. The van der Waals surface area contributed by atoms with Crippen molar-refractivity contribution in [3.63, 3.8) is 0 Å². The van der Waals surface area contributed by atoms with Gasteiger partial charge in [0.15, 0.2) is 0 Å². The summed E-state index contributed by atoms with van der Waals surface area (Å²) in [5.74, 6) is 0.0428. The molecule has 0 bridgehead atoms. The highest BCUT2D eigenvalue weighted by Gasteiger charge is 2.39. The van der Waals surface area contributed by atoms with Crippen LogP contribution in [-0.2, 0) is 17.8 Å². The van der Waals surface area contributed by atoms with Crippen LogP contribution in [0.1, 0.15) is 60.5 Å². The summed E-state index contributed by atoms with van der Waals surface area (Å²) in [6, 6.07) is 14.0. The number of carboxylic acids is 1. The predicted octanol–water partition coefficient (Wildman–Crippen LogP) is 6.24. The van der Waals surface area contributed by atoms with Crippen molar-refractivity contribution >= 4 is 5.97 Å². The first-order valence-electron chi connectivity index (χ1n) is 13.2. The van der Waals surface area contributed by atoms with Crippen molar-refractivity contribution in [3.05, 3.63) is 76.7 Å². The number of carboxylic acid groups (broad SMARTS) is 1. The highest BCUT2D eigenvalue weighted by molar-refractivity contribution is 5.71. The van der Waals surface area contributed by atoms with Crippen LogP contribution in [-0.4, -0.2) is 42.2 Å². The highest BCUT2D eigenvalue weighted by atomic mass is 19.1. The van der Waals surface area contributed by atoms with Crippen molar-refractivity contribution in [2.24, 2.45) is 11.8 Å². The standard InChI is InChI=1S/C31H35FN2O4/c1-18(31(35)36)30(20-6-7-20)22-8-5-19-10-12-27(38-28(19)14-22)21-9-11-24(23(13-21)17-34(2)3)25-15-29(37-4)33-16-26(25)32/h5,8-9,11,13-16,18,20,27,30H,6-7,10,12,17H2,1-4H3,(H,35,36)/t18-,27?,30?/m0/s1. The topological polar surface area (TPSA) is 71.9 Å². The molecule has 0 radical (unpaired) electrons. The lowest BCUT2D eigenvalue weighted by atomic mass is 9.82. The third-order valence-electron chi connectivity index (χ3n) is 7.80. The molecule has 0 amide bonds. The normalized spacial score (nSPS) is 18.4. The van der Waals surface area contributed by atoms with Crippen LogP contribution in [0.4, 0.5) is 4.39 Å². The maximum atomic E-state index is 14.8. The molecule has 200 valence electrons. The lowest BCUT2D eigenvalue weighted by molar-refractivity contribution is -0.142. The molecule has 2 aromatic carbocycles. The minimum absolute atomic E-state index is 0.00000380. The molecule has 1 N–H and O–H groups in total. The lowest BCUT2D eigenvalue weighted by Crippen LogP contribution is -2.21. The molecule has 3 aromatic rings. The van der Waals surface area contributed by atoms with Crippen molar-refractivity contribution in [3.8, 4) is 22.8 Å². The second-order valence-corrected chi connectivity index (χ2v) is 10.9. The Morgan fingerprint density at radius 2 is 1.95 bits per heavy atom. The molecule has 5 rings (SSSR count). The van der Waals surface area contributed by atoms with E-state index in [0.717, 1.165) is 59.3 Å². The number of hydrogen-bond acceptors (Lipinski definition) is 5. The van der Waals surface area contributed by atoms with Gasteiger partial charge in [0, 0.05) is 18.2 Å². The fourth-order valence-corrected chi connectivity index (χ4v) is 5.69. The van der Waals surface area contributed by atoms with Gasteiger partial charge < -0.3 is 19.5 Å². The van der Waals surface area contributed by atoms with Crippen LogP contribution >= 0.6 is 0 Å². The van der Waals surface area contributed by atoms with Crippen molar-refractivity contribution in [2.75, 3.05) is 21.2 Å². The predicted molar refractivity (Wildman–Crippen MR) is 144 cm³/mol. The number of halogens is 1. The number of fused-ring (bicyclic) bond motifs is 1. The molecule has 38 heavy (non-hydrogen) atoms. The maximum absolute atomic E-state index is 14.8. The van der Waals surface area contributed by atoms with Crippen LogP contribution in [0, 0.1) is 17.7 Å². The summed E-state index contributed by atoms with van der Waals surface area (Å²) >= 11 is 0. The van der Waals surface area contributed by atoms with E-state index in [-0.39, 0.29) is 12.0 Å². The van der Waals surface area contributed by atoms with Gasteiger partial charge in [0.1, 0.15) is 17.7 Å². The quantitative estimate of drug-likeness (QED) is 0.362. The Kier molecular flexibility index (Phi) is 7.39. The number of hydrogen-bond donors (Lipinski definition) is 1. The molecule has 0 saturated heterocycles. The van der Waals surface area contributed by atoms with Crippen LogP contribution in [0.15, 0.2) is 48.7 Å². The SMILES string of the molecule is COc1cc(-c2ccc(C3CCc4ccc(C(C5CC5)[C@H](C)C(=O)O)cc4O3)cc2CN(C)C)c(F)cn1. The van der Waals surface area contributed by atoms with E-state index in [1.54, 1.807) is 6.07 Å². The third-order valence-corrected chi connectivity index (χ3v) is 7.80. The van der Waals surface area contributed by atoms with Crippen LogP contribution in [0.2, 0.25) is 0 Å². The van der Waals surface area contributed by atoms with Gasteiger partial charge in [-0.15, -0.1) is 0 Å². The third kappa shape index (κ3) is 5.39. The van der Waals surface area contributed by atoms with E-state index < -0.39 is 17.7 Å². The van der Waals surface area contributed by atoms with Gasteiger partial charge in [0.25, 0.3) is 0 Å². The zero-order valence-electron chi connectivity index (χ0n) is 22.4. The van der Waals surface area contributed by atoms with Gasteiger partial charge in [-0.2, -0.15) is 0 Å². The van der Waals surface area contributed by atoms with Crippen LogP contribution in [0.25, 0.3) is 11.1 Å². The van der Waals surface area contributed by atoms with Crippen molar-refractivity contribution in [2.45, 2.75) is 51.2 Å². The number of benzene rings is 2. The number of aryl methyl sites for hydroxylation is 1. The Labute approximate surface area is 223 Å². The summed E-state index contributed by atoms with van der Waals surface area (Å²) < 4.78 is 26.6. The summed E-state index contributed by atoms with van der Waals surface area (Å²) in [6.45, 7) is 2.44. The number of pyridine rings is 1. The number of ether oxygens (including phenoxy) is 2. The lowest BCUT2D eigenvalue weighted by Gasteiger charge is -2.29. The Morgan fingerprint density at radius 3 is 2.63 bits per heavy atom. The van der Waals surface area contributed by atoms with E-state index in [9.17, 15) is 14.3 Å². The number of aliphatic carboxylic acids is 1.